The molecule has 0 radical (unpaired) electrons. The molecule has 4 rings (SSSR count). The number of fused-ring (bicyclic) bond motifs is 1. The van der Waals surface area contributed by atoms with Crippen molar-refractivity contribution >= 4 is 39.2 Å². The molecule has 6 nitrogen and oxygen atoms in total. The van der Waals surface area contributed by atoms with E-state index in [1.165, 1.54) is 17.4 Å². The highest BCUT2D eigenvalue weighted by molar-refractivity contribution is 8.00. The molecule has 1 amide bonds. The first-order valence-corrected chi connectivity index (χ1v) is 13.3. The molecule has 1 unspecified atom stereocenters. The number of carbonyl (C=O) groups is 1. The largest absolute Gasteiger partial charge is 0.424 e. The molecule has 0 spiro atoms. The number of nitrogens with zero attached hydrogens (tertiary/aromatic N) is 3. The van der Waals surface area contributed by atoms with Crippen molar-refractivity contribution < 1.29 is 13.6 Å². The third-order valence-electron chi connectivity index (χ3n) is 4.81. The Labute approximate surface area is 207 Å². The summed E-state index contributed by atoms with van der Waals surface area (Å²) in [4.78, 5) is 17.6. The van der Waals surface area contributed by atoms with Crippen molar-refractivity contribution in [3.63, 3.8) is 0 Å². The van der Waals surface area contributed by atoms with Crippen LogP contribution in [-0.4, -0.2) is 26.8 Å². The average Bonchev–Trinajstić information content (AvgIpc) is 3.46. The lowest BCUT2D eigenvalue weighted by Gasteiger charge is -2.13. The molecule has 9 heteroatoms. The maximum atomic E-state index is 14.8. The molecule has 34 heavy (non-hydrogen) atoms. The molecule has 180 valence electrons. The zero-order valence-corrected chi connectivity index (χ0v) is 21.4. The van der Waals surface area contributed by atoms with Crippen LogP contribution in [0.4, 0.5) is 4.39 Å². The van der Waals surface area contributed by atoms with Crippen molar-refractivity contribution in [1.29, 1.82) is 0 Å². The lowest BCUT2D eigenvalue weighted by molar-refractivity contribution is -0.120. The van der Waals surface area contributed by atoms with Crippen molar-refractivity contribution in [2.45, 2.75) is 52.3 Å². The van der Waals surface area contributed by atoms with Crippen LogP contribution < -0.4 is 5.32 Å². The van der Waals surface area contributed by atoms with Crippen molar-refractivity contribution in [1.82, 2.24) is 20.5 Å². The third kappa shape index (κ3) is 6.42. The molecule has 0 saturated carbocycles. The van der Waals surface area contributed by atoms with Crippen LogP contribution in [0.2, 0.25) is 0 Å². The van der Waals surface area contributed by atoms with Crippen molar-refractivity contribution in [3.05, 3.63) is 65.1 Å². The van der Waals surface area contributed by atoms with Gasteiger partial charge in [-0.25, -0.2) is 9.37 Å². The van der Waals surface area contributed by atoms with Gasteiger partial charge in [0.25, 0.3) is 0 Å². The normalized spacial score (nSPS) is 11.7. The van der Waals surface area contributed by atoms with Crippen LogP contribution in [0.3, 0.4) is 0 Å². The Kier molecular flexibility index (Phi) is 9.59. The van der Waals surface area contributed by atoms with E-state index in [1.807, 2.05) is 50.2 Å². The van der Waals surface area contributed by atoms with Gasteiger partial charge in [-0.2, -0.15) is 0 Å². The van der Waals surface area contributed by atoms with Crippen molar-refractivity contribution in [3.8, 4) is 11.1 Å². The highest BCUT2D eigenvalue weighted by Crippen LogP contribution is 2.37. The molecule has 0 aliphatic rings. The van der Waals surface area contributed by atoms with Crippen LogP contribution in [0.15, 0.2) is 46.9 Å². The molecule has 0 saturated heterocycles. The summed E-state index contributed by atoms with van der Waals surface area (Å²) in [6.45, 7) is 7.97. The summed E-state index contributed by atoms with van der Waals surface area (Å²) in [6, 6.07) is 12.7. The first-order valence-electron chi connectivity index (χ1n) is 11.4. The molecular formula is C25H29FN4O2S2. The van der Waals surface area contributed by atoms with Crippen LogP contribution in [0, 0.1) is 12.7 Å². The van der Waals surface area contributed by atoms with E-state index in [0.717, 1.165) is 28.9 Å². The number of benzene rings is 2. The lowest BCUT2D eigenvalue weighted by atomic mass is 10.1. The standard InChI is InChI=1S/C23H23FN4O2S2.C2H6/c1-3-4-10-31-21(22(29)25-13-20-28-27-14(2)30-20)23-26-18-12-17(24)16(11-19(18)32-23)15-8-6-5-7-9-15;1-2/h5-9,11-12,21H,3-4,10,13H2,1-2H3,(H,25,29);1-2H3. The maximum absolute atomic E-state index is 14.8. The average molecular weight is 501 g/mol. The van der Waals surface area contributed by atoms with Crippen molar-refractivity contribution in [2.75, 3.05) is 5.75 Å². The van der Waals surface area contributed by atoms with E-state index in [-0.39, 0.29) is 18.3 Å². The summed E-state index contributed by atoms with van der Waals surface area (Å²) in [6.07, 6.45) is 2.03. The van der Waals surface area contributed by atoms with Gasteiger partial charge in [0.05, 0.1) is 16.8 Å². The molecule has 0 aliphatic heterocycles. The number of rotatable bonds is 9. The molecule has 2 aromatic heterocycles. The molecule has 4 aromatic rings. The minimum absolute atomic E-state index is 0.155. The Morgan fingerprint density at radius 2 is 1.97 bits per heavy atom. The molecule has 1 N–H and O–H groups in total. The fourth-order valence-corrected chi connectivity index (χ4v) is 5.63. The number of halogens is 1. The Morgan fingerprint density at radius 1 is 1.21 bits per heavy atom. The van der Waals surface area contributed by atoms with E-state index in [4.69, 9.17) is 4.42 Å². The van der Waals surface area contributed by atoms with Gasteiger partial charge in [0.1, 0.15) is 16.1 Å². The van der Waals surface area contributed by atoms with Gasteiger partial charge in [-0.1, -0.05) is 57.5 Å². The van der Waals surface area contributed by atoms with Gasteiger partial charge in [-0.15, -0.1) is 33.3 Å². The number of thiazole rings is 1. The Bertz CT molecular complexity index is 1210. The number of aromatic nitrogens is 3. The van der Waals surface area contributed by atoms with Gasteiger partial charge in [-0.05, 0) is 23.8 Å². The number of carbonyl (C=O) groups excluding carboxylic acids is 1. The van der Waals surface area contributed by atoms with Crippen LogP contribution in [0.5, 0.6) is 0 Å². The molecule has 0 bridgehead atoms. The first-order chi connectivity index (χ1) is 16.5. The summed E-state index contributed by atoms with van der Waals surface area (Å²) < 4.78 is 21.0. The SMILES string of the molecule is CC.CCCCSC(C(=O)NCc1nnc(C)o1)c1nc2cc(F)c(-c3ccccc3)cc2s1. The fraction of sp³-hybridized carbons (Fsp3) is 0.360. The second-order valence-electron chi connectivity index (χ2n) is 7.25. The second-order valence-corrected chi connectivity index (χ2v) is 9.53. The topological polar surface area (TPSA) is 80.9 Å². The van der Waals surface area contributed by atoms with E-state index in [1.54, 1.807) is 18.7 Å². The molecular weight excluding hydrogens is 471 g/mol. The number of thioether (sulfide) groups is 1. The monoisotopic (exact) mass is 500 g/mol. The van der Waals surface area contributed by atoms with E-state index in [2.05, 4.69) is 27.4 Å². The number of unbranched alkanes of at least 4 members (excludes halogenated alkanes) is 1. The molecule has 2 heterocycles. The molecule has 0 aliphatic carbocycles. The van der Waals surface area contributed by atoms with Crippen molar-refractivity contribution in [2.24, 2.45) is 0 Å². The number of aryl methyl sites for hydroxylation is 1. The summed E-state index contributed by atoms with van der Waals surface area (Å²) in [5.41, 5.74) is 1.90. The second kappa shape index (κ2) is 12.6. The van der Waals surface area contributed by atoms with Gasteiger partial charge >= 0.3 is 0 Å². The van der Waals surface area contributed by atoms with E-state index < -0.39 is 5.25 Å². The van der Waals surface area contributed by atoms with Gasteiger partial charge in [0.2, 0.25) is 17.7 Å². The molecule has 2 aromatic carbocycles. The zero-order valence-electron chi connectivity index (χ0n) is 19.8. The number of nitrogens with one attached hydrogen (secondary N) is 1. The van der Waals surface area contributed by atoms with Crippen LogP contribution in [0.25, 0.3) is 21.3 Å². The maximum Gasteiger partial charge on any atom is 0.240 e. The fourth-order valence-electron chi connectivity index (χ4n) is 3.19. The summed E-state index contributed by atoms with van der Waals surface area (Å²) >= 11 is 2.97. The molecule has 1 atom stereocenters. The summed E-state index contributed by atoms with van der Waals surface area (Å²) in [7, 11) is 0. The lowest BCUT2D eigenvalue weighted by Crippen LogP contribution is -2.27. The van der Waals surface area contributed by atoms with Gasteiger partial charge in [0, 0.05) is 18.6 Å². The Morgan fingerprint density at radius 3 is 2.65 bits per heavy atom. The quantitative estimate of drug-likeness (QED) is 0.257. The number of hydrogen-bond acceptors (Lipinski definition) is 7. The highest BCUT2D eigenvalue weighted by Gasteiger charge is 2.25. The predicted molar refractivity (Wildman–Crippen MR) is 137 cm³/mol. The Hall–Kier alpha value is -2.78. The van der Waals surface area contributed by atoms with Gasteiger partial charge < -0.3 is 9.73 Å². The number of amides is 1. The van der Waals surface area contributed by atoms with Gasteiger partial charge in [-0.3, -0.25) is 4.79 Å². The molecule has 0 fully saturated rings. The summed E-state index contributed by atoms with van der Waals surface area (Å²) in [5, 5.41) is 10.7. The first kappa shape index (κ1) is 25.8. The van der Waals surface area contributed by atoms with Crippen LogP contribution in [0.1, 0.15) is 55.7 Å². The van der Waals surface area contributed by atoms with E-state index in [9.17, 15) is 9.18 Å². The number of hydrogen-bond donors (Lipinski definition) is 1. The van der Waals surface area contributed by atoms with E-state index in [0.29, 0.717) is 27.9 Å². The Balaban J connectivity index is 0.00000158. The minimum Gasteiger partial charge on any atom is -0.424 e. The van der Waals surface area contributed by atoms with Crippen LogP contribution in [-0.2, 0) is 11.3 Å². The smallest absolute Gasteiger partial charge is 0.240 e. The third-order valence-corrected chi connectivity index (χ3v) is 7.33. The summed E-state index contributed by atoms with van der Waals surface area (Å²) in [5.74, 6) is 1.13. The zero-order chi connectivity index (χ0) is 24.5. The minimum atomic E-state index is -0.494. The van der Waals surface area contributed by atoms with Crippen LogP contribution >= 0.6 is 23.1 Å². The highest BCUT2D eigenvalue weighted by atomic mass is 32.2. The van der Waals surface area contributed by atoms with E-state index >= 15 is 0 Å². The van der Waals surface area contributed by atoms with Gasteiger partial charge in [0.15, 0.2) is 0 Å². The predicted octanol–water partition coefficient (Wildman–Crippen LogP) is 6.71.